The molecule has 2 aromatic rings. The van der Waals surface area contributed by atoms with Gasteiger partial charge in [0.25, 0.3) is 0 Å². The highest BCUT2D eigenvalue weighted by atomic mass is 16.5. The van der Waals surface area contributed by atoms with E-state index in [1.165, 1.54) is 4.90 Å². The summed E-state index contributed by atoms with van der Waals surface area (Å²) in [5.41, 5.74) is 2.37. The van der Waals surface area contributed by atoms with Crippen LogP contribution in [0.1, 0.15) is 19.8 Å². The lowest BCUT2D eigenvalue weighted by Gasteiger charge is -2.34. The van der Waals surface area contributed by atoms with Gasteiger partial charge >= 0.3 is 12.1 Å². The van der Waals surface area contributed by atoms with Crippen molar-refractivity contribution in [2.45, 2.75) is 19.8 Å². The van der Waals surface area contributed by atoms with Crippen LogP contribution in [-0.2, 0) is 0 Å². The average Bonchev–Trinajstić information content (AvgIpc) is 2.76. The molecule has 30 heavy (non-hydrogen) atoms. The molecule has 0 atom stereocenters. The summed E-state index contributed by atoms with van der Waals surface area (Å²) in [7, 11) is 0. The second-order valence-corrected chi connectivity index (χ2v) is 7.11. The summed E-state index contributed by atoms with van der Waals surface area (Å²) in [6.45, 7) is 5.08. The second kappa shape index (κ2) is 10.4. The number of unbranched alkanes of at least 4 members (excludes halogenated alkanes) is 1. The Morgan fingerprint density at radius 2 is 1.50 bits per heavy atom. The van der Waals surface area contributed by atoms with Crippen molar-refractivity contribution in [3.8, 4) is 5.75 Å². The summed E-state index contributed by atoms with van der Waals surface area (Å²) < 4.78 is 5.62. The predicted octanol–water partition coefficient (Wildman–Crippen LogP) is 4.31. The number of anilines is 3. The van der Waals surface area contributed by atoms with Gasteiger partial charge in [0.05, 0.1) is 6.61 Å². The first-order valence-corrected chi connectivity index (χ1v) is 10.2. The van der Waals surface area contributed by atoms with Crippen LogP contribution in [0.4, 0.5) is 26.7 Å². The van der Waals surface area contributed by atoms with Crippen LogP contribution < -0.4 is 20.3 Å². The summed E-state index contributed by atoms with van der Waals surface area (Å²) in [5.74, 6) is 0.786. The fraction of sp³-hybridized carbons (Fsp3) is 0.364. The van der Waals surface area contributed by atoms with Gasteiger partial charge in [0, 0.05) is 43.2 Å². The summed E-state index contributed by atoms with van der Waals surface area (Å²) in [5, 5.41) is 14.6. The molecule has 160 valence electrons. The van der Waals surface area contributed by atoms with Crippen molar-refractivity contribution in [2.75, 3.05) is 48.3 Å². The minimum absolute atomic E-state index is 0.322. The van der Waals surface area contributed by atoms with E-state index in [1.807, 2.05) is 36.4 Å². The lowest BCUT2D eigenvalue weighted by atomic mass is 10.2. The van der Waals surface area contributed by atoms with E-state index in [1.54, 1.807) is 12.1 Å². The van der Waals surface area contributed by atoms with Crippen molar-refractivity contribution in [1.29, 1.82) is 0 Å². The van der Waals surface area contributed by atoms with E-state index in [-0.39, 0.29) is 6.03 Å². The van der Waals surface area contributed by atoms with Crippen LogP contribution in [-0.4, -0.2) is 54.9 Å². The minimum Gasteiger partial charge on any atom is -0.494 e. The molecule has 0 saturated carbocycles. The van der Waals surface area contributed by atoms with Crippen LogP contribution in [0.3, 0.4) is 0 Å². The molecule has 0 bridgehead atoms. The summed E-state index contributed by atoms with van der Waals surface area (Å²) in [6.07, 6.45) is 1.22. The number of rotatable bonds is 7. The van der Waals surface area contributed by atoms with E-state index in [0.29, 0.717) is 44.2 Å². The molecule has 8 heteroatoms. The molecule has 0 aromatic heterocycles. The molecule has 1 fully saturated rings. The third kappa shape index (κ3) is 6.04. The van der Waals surface area contributed by atoms with E-state index in [4.69, 9.17) is 9.84 Å². The highest BCUT2D eigenvalue weighted by Gasteiger charge is 2.20. The van der Waals surface area contributed by atoms with Gasteiger partial charge in [-0.25, -0.2) is 9.59 Å². The number of hydrogen-bond acceptors (Lipinski definition) is 4. The Balaban J connectivity index is 1.47. The van der Waals surface area contributed by atoms with Gasteiger partial charge in [0.15, 0.2) is 0 Å². The lowest BCUT2D eigenvalue weighted by Crippen LogP contribution is -2.48. The molecule has 8 nitrogen and oxygen atoms in total. The van der Waals surface area contributed by atoms with Gasteiger partial charge in [-0.2, -0.15) is 0 Å². The quantitative estimate of drug-likeness (QED) is 0.589. The first-order valence-electron chi connectivity index (χ1n) is 10.2. The highest BCUT2D eigenvalue weighted by molar-refractivity contribution is 5.99. The van der Waals surface area contributed by atoms with Crippen LogP contribution in [0, 0.1) is 0 Å². The maximum Gasteiger partial charge on any atom is 0.407 e. The summed E-state index contributed by atoms with van der Waals surface area (Å²) in [6, 6.07) is 14.5. The highest BCUT2D eigenvalue weighted by Crippen LogP contribution is 2.20. The van der Waals surface area contributed by atoms with Gasteiger partial charge in [-0.3, -0.25) is 0 Å². The number of amides is 3. The molecule has 1 aliphatic heterocycles. The first-order chi connectivity index (χ1) is 14.5. The predicted molar refractivity (Wildman–Crippen MR) is 118 cm³/mol. The Labute approximate surface area is 176 Å². The van der Waals surface area contributed by atoms with Crippen molar-refractivity contribution in [2.24, 2.45) is 0 Å². The fourth-order valence-electron chi connectivity index (χ4n) is 3.17. The Hall–Kier alpha value is -3.42. The SMILES string of the molecule is CCCCOc1ccc(NC(=O)Nc2ccc(N3CCN(C(=O)O)CC3)cc2)cc1. The number of benzene rings is 2. The van der Waals surface area contributed by atoms with Crippen LogP contribution in [0.2, 0.25) is 0 Å². The smallest absolute Gasteiger partial charge is 0.407 e. The van der Waals surface area contributed by atoms with Crippen molar-refractivity contribution in [3.05, 3.63) is 48.5 Å². The Bertz CT molecular complexity index is 831. The normalized spacial score (nSPS) is 13.6. The first kappa shape index (κ1) is 21.3. The third-order valence-corrected chi connectivity index (χ3v) is 4.92. The molecule has 3 rings (SSSR count). The third-order valence-electron chi connectivity index (χ3n) is 4.92. The zero-order valence-corrected chi connectivity index (χ0v) is 17.1. The van der Waals surface area contributed by atoms with Crippen molar-refractivity contribution in [3.63, 3.8) is 0 Å². The Kier molecular flexibility index (Phi) is 7.37. The molecule has 0 aliphatic carbocycles. The number of nitrogens with one attached hydrogen (secondary N) is 2. The monoisotopic (exact) mass is 412 g/mol. The second-order valence-electron chi connectivity index (χ2n) is 7.11. The molecule has 2 aromatic carbocycles. The molecular weight excluding hydrogens is 384 g/mol. The molecular formula is C22H28N4O4. The number of urea groups is 1. The zero-order chi connectivity index (χ0) is 21.3. The Morgan fingerprint density at radius 3 is 2.03 bits per heavy atom. The van der Waals surface area contributed by atoms with Gasteiger partial charge in [-0.15, -0.1) is 0 Å². The number of ether oxygens (including phenoxy) is 1. The molecule has 3 amide bonds. The molecule has 1 aliphatic rings. The average molecular weight is 412 g/mol. The van der Waals surface area contributed by atoms with Gasteiger partial charge in [-0.1, -0.05) is 13.3 Å². The summed E-state index contributed by atoms with van der Waals surface area (Å²) in [4.78, 5) is 26.8. The van der Waals surface area contributed by atoms with Crippen molar-refractivity contribution in [1.82, 2.24) is 4.90 Å². The Morgan fingerprint density at radius 1 is 0.933 bits per heavy atom. The number of nitrogens with zero attached hydrogens (tertiary/aromatic N) is 2. The topological polar surface area (TPSA) is 94.1 Å². The summed E-state index contributed by atoms with van der Waals surface area (Å²) >= 11 is 0. The van der Waals surface area contributed by atoms with Crippen LogP contribution in [0.5, 0.6) is 5.75 Å². The number of piperazine rings is 1. The van der Waals surface area contributed by atoms with Crippen LogP contribution in [0.15, 0.2) is 48.5 Å². The fourth-order valence-corrected chi connectivity index (χ4v) is 3.17. The van der Waals surface area contributed by atoms with E-state index >= 15 is 0 Å². The van der Waals surface area contributed by atoms with E-state index in [9.17, 15) is 9.59 Å². The standard InChI is InChI=1S/C22H28N4O4/c1-2-3-16-30-20-10-6-18(7-11-20)24-21(27)23-17-4-8-19(9-5-17)25-12-14-26(15-13-25)22(28)29/h4-11H,2-3,12-16H2,1H3,(H,28,29)(H2,23,24,27). The van der Waals surface area contributed by atoms with Crippen LogP contribution >= 0.6 is 0 Å². The molecule has 0 spiro atoms. The largest absolute Gasteiger partial charge is 0.494 e. The molecule has 0 unspecified atom stereocenters. The van der Waals surface area contributed by atoms with E-state index in [0.717, 1.165) is 24.3 Å². The number of carboxylic acid groups (broad SMARTS) is 1. The number of hydrogen-bond donors (Lipinski definition) is 3. The van der Waals surface area contributed by atoms with Crippen molar-refractivity contribution >= 4 is 29.2 Å². The minimum atomic E-state index is -0.876. The van der Waals surface area contributed by atoms with Gasteiger partial charge < -0.3 is 30.3 Å². The van der Waals surface area contributed by atoms with Crippen molar-refractivity contribution < 1.29 is 19.4 Å². The lowest BCUT2D eigenvalue weighted by molar-refractivity contribution is 0.142. The molecule has 3 N–H and O–H groups in total. The molecule has 0 radical (unpaired) electrons. The van der Waals surface area contributed by atoms with Gasteiger partial charge in [0.1, 0.15) is 5.75 Å². The van der Waals surface area contributed by atoms with Crippen LogP contribution in [0.25, 0.3) is 0 Å². The number of carbonyl (C=O) groups excluding carboxylic acids is 1. The van der Waals surface area contributed by atoms with Gasteiger partial charge in [-0.05, 0) is 55.0 Å². The number of carbonyl (C=O) groups is 2. The maximum absolute atomic E-state index is 12.2. The molecule has 1 saturated heterocycles. The zero-order valence-electron chi connectivity index (χ0n) is 17.1. The molecule has 1 heterocycles. The van der Waals surface area contributed by atoms with E-state index < -0.39 is 6.09 Å². The van der Waals surface area contributed by atoms with Gasteiger partial charge in [0.2, 0.25) is 0 Å². The maximum atomic E-state index is 12.2. The van der Waals surface area contributed by atoms with E-state index in [2.05, 4.69) is 22.5 Å².